The second kappa shape index (κ2) is 4.70. The molecule has 0 nitrogen and oxygen atoms in total. The van der Waals surface area contributed by atoms with Crippen LogP contribution in [0.2, 0.25) is 0 Å². The molecular formula is C5H10Si. The molecule has 0 unspecified atom stereocenters. The van der Waals surface area contributed by atoms with E-state index < -0.39 is 0 Å². The largest absolute Gasteiger partial charge is 0.109 e. The van der Waals surface area contributed by atoms with E-state index in [1.165, 1.54) is 10.2 Å². The number of hydrogen-bond donors (Lipinski definition) is 0. The van der Waals surface area contributed by atoms with E-state index in [1.54, 1.807) is 0 Å². The molecule has 0 aromatic carbocycles. The number of hydrogen-bond acceptors (Lipinski definition) is 0. The lowest BCUT2D eigenvalue weighted by Gasteiger charge is -1.69. The fourth-order valence-electron chi connectivity index (χ4n) is 0.232. The van der Waals surface area contributed by atoms with E-state index in [0.29, 0.717) is 0 Å². The van der Waals surface area contributed by atoms with Crippen molar-refractivity contribution in [3.05, 3.63) is 24.4 Å². The van der Waals surface area contributed by atoms with Crippen molar-refractivity contribution < 1.29 is 0 Å². The quantitative estimate of drug-likeness (QED) is 0.347. The number of allylic oxidation sites excluding steroid dienone is 2. The summed E-state index contributed by atoms with van der Waals surface area (Å²) in [6, 6.07) is 0. The Morgan fingerprint density at radius 1 is 1.67 bits per heavy atom. The summed E-state index contributed by atoms with van der Waals surface area (Å²) in [6.45, 7) is 3.56. The maximum atomic E-state index is 3.56. The molecule has 0 spiro atoms. The normalized spacial score (nSPS) is 10.0. The van der Waals surface area contributed by atoms with Crippen molar-refractivity contribution in [2.24, 2.45) is 0 Å². The molecule has 1 heteroatoms. The van der Waals surface area contributed by atoms with Gasteiger partial charge in [0.05, 0.1) is 0 Å². The van der Waals surface area contributed by atoms with Crippen LogP contribution in [-0.2, 0) is 0 Å². The summed E-state index contributed by atoms with van der Waals surface area (Å²) in [5.74, 6) is 0. The lowest BCUT2D eigenvalue weighted by atomic mass is 10.4. The Balaban J connectivity index is 2.85. The third-order valence-electron chi connectivity index (χ3n) is 0.538. The van der Waals surface area contributed by atoms with Gasteiger partial charge in [0, 0.05) is 10.2 Å². The van der Waals surface area contributed by atoms with Crippen LogP contribution in [0.1, 0.15) is 6.42 Å². The zero-order valence-electron chi connectivity index (χ0n) is 4.15. The minimum Gasteiger partial charge on any atom is -0.109 e. The van der Waals surface area contributed by atoms with Crippen LogP contribution in [0.4, 0.5) is 0 Å². The molecule has 0 aromatic rings. The van der Waals surface area contributed by atoms with Gasteiger partial charge in [0.25, 0.3) is 0 Å². The molecule has 0 saturated carbocycles. The average Bonchev–Trinajstić information content (AvgIpc) is 1.61. The summed E-state index contributed by atoms with van der Waals surface area (Å²) >= 11 is 0. The van der Waals surface area contributed by atoms with Gasteiger partial charge in [-0.1, -0.05) is 12.2 Å². The Bertz CT molecular complexity index is 55.0. The van der Waals surface area contributed by atoms with E-state index in [2.05, 4.69) is 18.4 Å². The molecule has 0 bridgehead atoms. The van der Waals surface area contributed by atoms with Crippen molar-refractivity contribution in [2.75, 3.05) is 0 Å². The lowest BCUT2D eigenvalue weighted by molar-refractivity contribution is 1.42. The third kappa shape index (κ3) is 3.70. The minimum absolute atomic E-state index is 1.03. The molecule has 0 aliphatic carbocycles. The number of rotatable bonds is 2. The van der Waals surface area contributed by atoms with Gasteiger partial charge < -0.3 is 0 Å². The highest BCUT2D eigenvalue weighted by Crippen LogP contribution is 1.77. The van der Waals surface area contributed by atoms with Gasteiger partial charge in [-0.15, -0.1) is 12.3 Å². The molecule has 0 saturated heterocycles. The maximum absolute atomic E-state index is 3.56. The highest BCUT2D eigenvalue weighted by Gasteiger charge is 1.57. The first kappa shape index (κ1) is 5.70. The topological polar surface area (TPSA) is 0 Å². The Morgan fingerprint density at radius 2 is 2.33 bits per heavy atom. The van der Waals surface area contributed by atoms with Crippen molar-refractivity contribution in [1.29, 1.82) is 0 Å². The fourth-order valence-corrected chi connectivity index (χ4v) is 0.504. The summed E-state index contributed by atoms with van der Waals surface area (Å²) in [7, 11) is 1.17. The van der Waals surface area contributed by atoms with Crippen molar-refractivity contribution in [1.82, 2.24) is 0 Å². The maximum Gasteiger partial charge on any atom is 0.0287 e. The van der Waals surface area contributed by atoms with Crippen LogP contribution >= 0.6 is 0 Å². The van der Waals surface area contributed by atoms with Gasteiger partial charge in [-0.25, -0.2) is 0 Å². The molecule has 0 amide bonds. The van der Waals surface area contributed by atoms with Crippen LogP contribution in [-0.4, -0.2) is 10.2 Å². The summed E-state index contributed by atoms with van der Waals surface area (Å²) < 4.78 is 0. The second-order valence-corrected chi connectivity index (χ2v) is 1.76. The van der Waals surface area contributed by atoms with Crippen LogP contribution < -0.4 is 0 Å². The molecule has 0 aromatic heterocycles. The fraction of sp³-hybridized carbons (Fsp3) is 0.200. The molecule has 0 N–H and O–H groups in total. The van der Waals surface area contributed by atoms with Crippen molar-refractivity contribution in [3.63, 3.8) is 0 Å². The zero-order valence-corrected chi connectivity index (χ0v) is 6.15. The molecule has 0 heterocycles. The molecule has 0 fully saturated rings. The summed E-state index contributed by atoms with van der Waals surface area (Å²) in [4.78, 5) is 0. The van der Waals surface area contributed by atoms with Gasteiger partial charge in [-0.3, -0.25) is 0 Å². The van der Waals surface area contributed by atoms with E-state index in [4.69, 9.17) is 0 Å². The molecule has 6 heavy (non-hydrogen) atoms. The van der Waals surface area contributed by atoms with Crippen molar-refractivity contribution in [2.45, 2.75) is 6.42 Å². The minimum atomic E-state index is 1.03. The Morgan fingerprint density at radius 3 is 2.50 bits per heavy atom. The van der Waals surface area contributed by atoms with E-state index in [1.807, 2.05) is 6.08 Å². The van der Waals surface area contributed by atoms with Crippen LogP contribution in [0.5, 0.6) is 0 Å². The van der Waals surface area contributed by atoms with E-state index in [0.717, 1.165) is 6.42 Å². The van der Waals surface area contributed by atoms with Gasteiger partial charge in [0.2, 0.25) is 0 Å². The standard InChI is InChI=1S/C5H10Si/c1-2-3-4-5-6/h2,4-5H,1,3H2,6H3. The molecule has 34 valence electrons. The van der Waals surface area contributed by atoms with Gasteiger partial charge >= 0.3 is 0 Å². The monoisotopic (exact) mass is 98.1 g/mol. The summed E-state index contributed by atoms with van der Waals surface area (Å²) in [5, 5.41) is 0. The molecule has 0 aliphatic rings. The predicted octanol–water partition coefficient (Wildman–Crippen LogP) is 0.442. The zero-order chi connectivity index (χ0) is 4.83. The first-order chi connectivity index (χ1) is 2.91. The first-order valence-electron chi connectivity index (χ1n) is 2.14. The Labute approximate surface area is 42.0 Å². The lowest BCUT2D eigenvalue weighted by Crippen LogP contribution is -1.52. The second-order valence-electron chi connectivity index (χ2n) is 1.09. The highest BCUT2D eigenvalue weighted by atomic mass is 28.1. The van der Waals surface area contributed by atoms with Gasteiger partial charge in [0.15, 0.2) is 0 Å². The smallest absolute Gasteiger partial charge is 0.0287 e. The van der Waals surface area contributed by atoms with E-state index >= 15 is 0 Å². The van der Waals surface area contributed by atoms with Crippen LogP contribution in [0.3, 0.4) is 0 Å². The molecule has 0 atom stereocenters. The van der Waals surface area contributed by atoms with Crippen molar-refractivity contribution in [3.8, 4) is 0 Å². The van der Waals surface area contributed by atoms with Crippen LogP contribution in [0.15, 0.2) is 24.4 Å². The Kier molecular flexibility index (Phi) is 4.46. The SMILES string of the molecule is C=CCC=C[SiH3]. The van der Waals surface area contributed by atoms with Crippen molar-refractivity contribution >= 4 is 10.2 Å². The van der Waals surface area contributed by atoms with E-state index in [-0.39, 0.29) is 0 Å². The van der Waals surface area contributed by atoms with Gasteiger partial charge in [0.1, 0.15) is 0 Å². The van der Waals surface area contributed by atoms with Gasteiger partial charge in [-0.2, -0.15) is 0 Å². The summed E-state index contributed by atoms with van der Waals surface area (Å²) in [6.07, 6.45) is 5.05. The van der Waals surface area contributed by atoms with Crippen LogP contribution in [0.25, 0.3) is 0 Å². The predicted molar refractivity (Wildman–Crippen MR) is 33.9 cm³/mol. The first-order valence-corrected chi connectivity index (χ1v) is 3.29. The average molecular weight is 98.2 g/mol. The third-order valence-corrected chi connectivity index (χ3v) is 1.01. The molecule has 0 aliphatic heterocycles. The molecule has 0 radical (unpaired) electrons. The van der Waals surface area contributed by atoms with E-state index in [9.17, 15) is 0 Å². The molecular weight excluding hydrogens is 88.1 g/mol. The molecule has 0 rings (SSSR count). The Hall–Kier alpha value is -0.303. The summed E-state index contributed by atoms with van der Waals surface area (Å²) in [5.41, 5.74) is 2.15. The highest BCUT2D eigenvalue weighted by molar-refractivity contribution is 6.16. The van der Waals surface area contributed by atoms with Gasteiger partial charge in [-0.05, 0) is 6.42 Å². The van der Waals surface area contributed by atoms with Crippen LogP contribution in [0, 0.1) is 0 Å².